The fourth-order valence-electron chi connectivity index (χ4n) is 2.29. The van der Waals surface area contributed by atoms with Crippen molar-refractivity contribution < 1.29 is 18.0 Å². The van der Waals surface area contributed by atoms with Crippen molar-refractivity contribution in [3.05, 3.63) is 0 Å². The molecule has 0 aromatic carbocycles. The molecule has 0 saturated heterocycles. The standard InChI is InChI=1S/C13H23F3N2O/c1-9(2)7-18-12(19)8-17-11-5-3-4-10(6-11)13(14,15)16/h9-11,17H,3-8H2,1-2H3,(H,18,19). The monoisotopic (exact) mass is 280 g/mol. The van der Waals surface area contributed by atoms with Crippen molar-refractivity contribution in [2.24, 2.45) is 11.8 Å². The van der Waals surface area contributed by atoms with Crippen LogP contribution in [-0.4, -0.2) is 31.2 Å². The van der Waals surface area contributed by atoms with Gasteiger partial charge in [-0.25, -0.2) is 0 Å². The molecule has 1 aliphatic carbocycles. The fraction of sp³-hybridized carbons (Fsp3) is 0.923. The molecule has 0 spiro atoms. The van der Waals surface area contributed by atoms with Gasteiger partial charge in [0.1, 0.15) is 0 Å². The summed E-state index contributed by atoms with van der Waals surface area (Å²) >= 11 is 0. The summed E-state index contributed by atoms with van der Waals surface area (Å²) in [5.74, 6) is -1.01. The SMILES string of the molecule is CC(C)CNC(=O)CNC1CCCC(C(F)(F)F)C1. The molecular formula is C13H23F3N2O. The molecule has 1 fully saturated rings. The van der Waals surface area contributed by atoms with Gasteiger partial charge in [-0.1, -0.05) is 20.3 Å². The van der Waals surface area contributed by atoms with Crippen LogP contribution in [0.5, 0.6) is 0 Å². The first-order chi connectivity index (χ1) is 8.79. The molecule has 0 heterocycles. The summed E-state index contributed by atoms with van der Waals surface area (Å²) in [4.78, 5) is 11.5. The summed E-state index contributed by atoms with van der Waals surface area (Å²) in [7, 11) is 0. The van der Waals surface area contributed by atoms with E-state index in [1.807, 2.05) is 13.8 Å². The van der Waals surface area contributed by atoms with E-state index in [4.69, 9.17) is 0 Å². The Kier molecular flexibility index (Phi) is 6.10. The van der Waals surface area contributed by atoms with E-state index in [-0.39, 0.29) is 31.3 Å². The topological polar surface area (TPSA) is 41.1 Å². The Balaban J connectivity index is 2.27. The minimum atomic E-state index is -4.11. The Morgan fingerprint density at radius 3 is 2.58 bits per heavy atom. The largest absolute Gasteiger partial charge is 0.391 e. The number of rotatable bonds is 5. The molecule has 0 radical (unpaired) electrons. The zero-order valence-corrected chi connectivity index (χ0v) is 11.5. The molecule has 0 aromatic heterocycles. The second-order valence-electron chi connectivity index (χ2n) is 5.68. The Hall–Kier alpha value is -0.780. The van der Waals surface area contributed by atoms with Gasteiger partial charge >= 0.3 is 6.18 Å². The summed E-state index contributed by atoms with van der Waals surface area (Å²) in [5.41, 5.74) is 0. The van der Waals surface area contributed by atoms with Crippen LogP contribution in [0.2, 0.25) is 0 Å². The molecule has 3 nitrogen and oxygen atoms in total. The number of halogens is 3. The van der Waals surface area contributed by atoms with Gasteiger partial charge in [0.15, 0.2) is 0 Å². The van der Waals surface area contributed by atoms with Crippen molar-refractivity contribution in [2.75, 3.05) is 13.1 Å². The van der Waals surface area contributed by atoms with Gasteiger partial charge in [0.2, 0.25) is 5.91 Å². The summed E-state index contributed by atoms with van der Waals surface area (Å²) in [5, 5.41) is 5.67. The first-order valence-corrected chi connectivity index (χ1v) is 6.86. The molecule has 0 aliphatic heterocycles. The third-order valence-corrected chi connectivity index (χ3v) is 3.40. The molecule has 1 saturated carbocycles. The Labute approximate surface area is 112 Å². The Morgan fingerprint density at radius 2 is 2.00 bits per heavy atom. The van der Waals surface area contributed by atoms with Gasteiger partial charge in [-0.2, -0.15) is 13.2 Å². The van der Waals surface area contributed by atoms with Gasteiger partial charge in [-0.15, -0.1) is 0 Å². The molecule has 2 atom stereocenters. The van der Waals surface area contributed by atoms with Crippen molar-refractivity contribution >= 4 is 5.91 Å². The Bertz CT molecular complexity index is 292. The first-order valence-electron chi connectivity index (χ1n) is 6.86. The van der Waals surface area contributed by atoms with Gasteiger partial charge in [0.25, 0.3) is 0 Å². The number of alkyl halides is 3. The third-order valence-electron chi connectivity index (χ3n) is 3.40. The second kappa shape index (κ2) is 7.12. The van der Waals surface area contributed by atoms with Crippen LogP contribution in [0.25, 0.3) is 0 Å². The van der Waals surface area contributed by atoms with Crippen molar-refractivity contribution in [3.63, 3.8) is 0 Å². The molecule has 1 aliphatic rings. The number of amides is 1. The summed E-state index contributed by atoms with van der Waals surface area (Å²) in [6.45, 7) is 4.67. The molecule has 1 rings (SSSR count). The van der Waals surface area contributed by atoms with E-state index >= 15 is 0 Å². The maximum absolute atomic E-state index is 12.6. The van der Waals surface area contributed by atoms with Gasteiger partial charge in [0, 0.05) is 12.6 Å². The van der Waals surface area contributed by atoms with E-state index in [1.54, 1.807) is 0 Å². The van der Waals surface area contributed by atoms with Crippen LogP contribution >= 0.6 is 0 Å². The summed E-state index contributed by atoms with van der Waals surface area (Å²) in [6.07, 6.45) is -2.54. The smallest absolute Gasteiger partial charge is 0.355 e. The van der Waals surface area contributed by atoms with Crippen molar-refractivity contribution in [2.45, 2.75) is 51.7 Å². The maximum atomic E-state index is 12.6. The predicted octanol–water partition coefficient (Wildman–Crippen LogP) is 2.47. The van der Waals surface area contributed by atoms with Crippen LogP contribution in [0.3, 0.4) is 0 Å². The molecule has 2 N–H and O–H groups in total. The molecule has 112 valence electrons. The molecule has 19 heavy (non-hydrogen) atoms. The normalized spacial score (nSPS) is 24.5. The second-order valence-corrected chi connectivity index (χ2v) is 5.68. The molecule has 2 unspecified atom stereocenters. The highest BCUT2D eigenvalue weighted by Crippen LogP contribution is 2.37. The lowest BCUT2D eigenvalue weighted by atomic mass is 9.85. The van der Waals surface area contributed by atoms with Crippen LogP contribution in [0.15, 0.2) is 0 Å². The van der Waals surface area contributed by atoms with Gasteiger partial charge in [-0.3, -0.25) is 4.79 Å². The number of hydrogen-bond acceptors (Lipinski definition) is 2. The lowest BCUT2D eigenvalue weighted by Crippen LogP contribution is -2.43. The van der Waals surface area contributed by atoms with Crippen LogP contribution in [0.1, 0.15) is 39.5 Å². The minimum Gasteiger partial charge on any atom is -0.355 e. The zero-order chi connectivity index (χ0) is 14.5. The highest BCUT2D eigenvalue weighted by molar-refractivity contribution is 5.77. The van der Waals surface area contributed by atoms with Gasteiger partial charge < -0.3 is 10.6 Å². The summed E-state index contributed by atoms with van der Waals surface area (Å²) in [6, 6.07) is -0.204. The van der Waals surface area contributed by atoms with Crippen LogP contribution in [-0.2, 0) is 4.79 Å². The average molecular weight is 280 g/mol. The molecule has 0 bridgehead atoms. The van der Waals surface area contributed by atoms with Crippen LogP contribution < -0.4 is 10.6 Å². The predicted molar refractivity (Wildman–Crippen MR) is 67.7 cm³/mol. The van der Waals surface area contributed by atoms with Crippen LogP contribution in [0.4, 0.5) is 13.2 Å². The summed E-state index contributed by atoms with van der Waals surface area (Å²) < 4.78 is 37.8. The fourth-order valence-corrected chi connectivity index (χ4v) is 2.29. The van der Waals surface area contributed by atoms with E-state index in [2.05, 4.69) is 10.6 Å². The van der Waals surface area contributed by atoms with E-state index in [0.717, 1.165) is 0 Å². The van der Waals surface area contributed by atoms with E-state index < -0.39 is 12.1 Å². The molecular weight excluding hydrogens is 257 g/mol. The maximum Gasteiger partial charge on any atom is 0.391 e. The van der Waals surface area contributed by atoms with E-state index in [9.17, 15) is 18.0 Å². The number of nitrogens with one attached hydrogen (secondary N) is 2. The molecule has 0 aromatic rings. The number of hydrogen-bond donors (Lipinski definition) is 2. The van der Waals surface area contributed by atoms with E-state index in [0.29, 0.717) is 25.3 Å². The molecule has 6 heteroatoms. The van der Waals surface area contributed by atoms with E-state index in [1.165, 1.54) is 0 Å². The first kappa shape index (κ1) is 16.3. The average Bonchev–Trinajstić information content (AvgIpc) is 2.33. The quantitative estimate of drug-likeness (QED) is 0.812. The highest BCUT2D eigenvalue weighted by Gasteiger charge is 2.42. The number of carbonyl (C=O) groups excluding carboxylic acids is 1. The molecule has 1 amide bonds. The van der Waals surface area contributed by atoms with Gasteiger partial charge in [0.05, 0.1) is 12.5 Å². The van der Waals surface area contributed by atoms with Crippen molar-refractivity contribution in [1.82, 2.24) is 10.6 Å². The van der Waals surface area contributed by atoms with Crippen molar-refractivity contribution in [1.29, 1.82) is 0 Å². The lowest BCUT2D eigenvalue weighted by Gasteiger charge is -2.31. The Morgan fingerprint density at radius 1 is 1.32 bits per heavy atom. The zero-order valence-electron chi connectivity index (χ0n) is 11.5. The minimum absolute atomic E-state index is 0.0843. The van der Waals surface area contributed by atoms with Crippen molar-refractivity contribution in [3.8, 4) is 0 Å². The third kappa shape index (κ3) is 6.27. The number of carbonyl (C=O) groups is 1. The van der Waals surface area contributed by atoms with Crippen LogP contribution in [0, 0.1) is 11.8 Å². The lowest BCUT2D eigenvalue weighted by molar-refractivity contribution is -0.183. The van der Waals surface area contributed by atoms with Gasteiger partial charge in [-0.05, 0) is 25.2 Å². The highest BCUT2D eigenvalue weighted by atomic mass is 19.4.